The van der Waals surface area contributed by atoms with E-state index in [1.807, 2.05) is 0 Å². The Morgan fingerprint density at radius 1 is 1.19 bits per heavy atom. The topological polar surface area (TPSA) is 111 Å². The molecule has 0 unspecified atom stereocenters. The van der Waals surface area contributed by atoms with Crippen molar-refractivity contribution in [3.63, 3.8) is 0 Å². The van der Waals surface area contributed by atoms with Gasteiger partial charge in [0.25, 0.3) is 15.9 Å². The largest absolute Gasteiger partial charge is 0.494 e. The number of ether oxygens (including phenoxy) is 2. The number of nitrogens with one attached hydrogen (secondary N) is 1. The van der Waals surface area contributed by atoms with Crippen LogP contribution in [0.5, 0.6) is 0 Å². The summed E-state index contributed by atoms with van der Waals surface area (Å²) in [5.41, 5.74) is 1.42. The molecule has 1 aromatic carbocycles. The van der Waals surface area contributed by atoms with Gasteiger partial charge in [0.1, 0.15) is 19.5 Å². The fourth-order valence-electron chi connectivity index (χ4n) is 2.90. The minimum Gasteiger partial charge on any atom is -0.494 e. The smallest absolute Gasteiger partial charge is 0.296 e. The second kappa shape index (κ2) is 6.88. The molecule has 140 valence electrons. The van der Waals surface area contributed by atoms with E-state index in [0.29, 0.717) is 31.9 Å². The molecule has 9 nitrogen and oxygen atoms in total. The minimum atomic E-state index is -3.83. The van der Waals surface area contributed by atoms with Crippen molar-refractivity contribution in [3.8, 4) is 0 Å². The van der Waals surface area contributed by atoms with Crippen molar-refractivity contribution in [3.05, 3.63) is 54.2 Å². The third-order valence-corrected chi connectivity index (χ3v) is 5.48. The summed E-state index contributed by atoms with van der Waals surface area (Å²) in [6.07, 6.45) is 4.75. The Balaban J connectivity index is 1.58. The summed E-state index contributed by atoms with van der Waals surface area (Å²) in [5, 5.41) is 0. The summed E-state index contributed by atoms with van der Waals surface area (Å²) in [6.45, 7) is 1.17. The van der Waals surface area contributed by atoms with Crippen LogP contribution in [0.1, 0.15) is 5.56 Å². The maximum Gasteiger partial charge on any atom is 0.296 e. The number of carbonyl (C=O) groups excluding carboxylic acids is 1. The van der Waals surface area contributed by atoms with E-state index in [0.717, 1.165) is 5.56 Å². The van der Waals surface area contributed by atoms with Crippen LogP contribution in [-0.4, -0.2) is 44.1 Å². The zero-order valence-corrected chi connectivity index (χ0v) is 15.0. The van der Waals surface area contributed by atoms with Gasteiger partial charge >= 0.3 is 0 Å². The minimum absolute atomic E-state index is 0.00353. The van der Waals surface area contributed by atoms with Crippen molar-refractivity contribution < 1.29 is 22.7 Å². The number of fused-ring (bicyclic) bond motifs is 1. The predicted molar refractivity (Wildman–Crippen MR) is 95.3 cm³/mol. The number of anilines is 2. The van der Waals surface area contributed by atoms with Gasteiger partial charge in [-0.2, -0.15) is 0 Å². The van der Waals surface area contributed by atoms with E-state index >= 15 is 0 Å². The van der Waals surface area contributed by atoms with Gasteiger partial charge in [0.05, 0.1) is 4.90 Å². The fourth-order valence-corrected chi connectivity index (χ4v) is 3.91. The lowest BCUT2D eigenvalue weighted by molar-refractivity contribution is -0.119. The highest BCUT2D eigenvalue weighted by Gasteiger charge is 2.30. The normalized spacial score (nSPS) is 16.0. The van der Waals surface area contributed by atoms with Crippen LogP contribution in [0.2, 0.25) is 0 Å². The molecule has 0 radical (unpaired) electrons. The number of hydrogen-bond acceptors (Lipinski definition) is 7. The molecule has 3 heterocycles. The average Bonchev–Trinajstić information content (AvgIpc) is 3.12. The first-order valence-electron chi connectivity index (χ1n) is 8.24. The molecule has 27 heavy (non-hydrogen) atoms. The first-order chi connectivity index (χ1) is 13.0. The fraction of sp³-hybridized carbons (Fsp3) is 0.235. The zero-order chi connectivity index (χ0) is 18.9. The highest BCUT2D eigenvalue weighted by Crippen LogP contribution is 2.32. The van der Waals surface area contributed by atoms with Crippen molar-refractivity contribution in [1.29, 1.82) is 0 Å². The van der Waals surface area contributed by atoms with E-state index in [1.54, 1.807) is 23.1 Å². The number of nitrogens with zero attached hydrogens (tertiary/aromatic N) is 3. The van der Waals surface area contributed by atoms with Crippen LogP contribution in [0.15, 0.2) is 53.6 Å². The third-order valence-electron chi connectivity index (χ3n) is 4.15. The van der Waals surface area contributed by atoms with Gasteiger partial charge < -0.3 is 14.4 Å². The van der Waals surface area contributed by atoms with Crippen LogP contribution in [0.25, 0.3) is 0 Å². The molecule has 4 rings (SSSR count). The summed E-state index contributed by atoms with van der Waals surface area (Å²) in [7, 11) is -3.83. The van der Waals surface area contributed by atoms with Crippen LogP contribution in [-0.2, 0) is 30.7 Å². The number of rotatable bonds is 4. The maximum absolute atomic E-state index is 12.6. The van der Waals surface area contributed by atoms with Crippen LogP contribution in [0.3, 0.4) is 0 Å². The van der Waals surface area contributed by atoms with Gasteiger partial charge in [-0.1, -0.05) is 0 Å². The molecule has 1 aromatic heterocycles. The number of sulfonamides is 1. The van der Waals surface area contributed by atoms with E-state index in [9.17, 15) is 13.2 Å². The third kappa shape index (κ3) is 3.43. The predicted octanol–water partition coefficient (Wildman–Crippen LogP) is 1.05. The lowest BCUT2D eigenvalue weighted by atomic mass is 10.2. The molecule has 0 spiro atoms. The lowest BCUT2D eigenvalue weighted by Crippen LogP contribution is -2.32. The van der Waals surface area contributed by atoms with Crippen LogP contribution in [0, 0.1) is 0 Å². The van der Waals surface area contributed by atoms with Gasteiger partial charge in [0.2, 0.25) is 11.7 Å². The second-order valence-corrected chi connectivity index (χ2v) is 7.56. The zero-order valence-electron chi connectivity index (χ0n) is 14.2. The molecule has 1 amide bonds. The van der Waals surface area contributed by atoms with E-state index in [-0.39, 0.29) is 22.5 Å². The van der Waals surface area contributed by atoms with Crippen molar-refractivity contribution in [2.75, 3.05) is 29.4 Å². The Bertz CT molecular complexity index is 1010. The molecule has 0 fully saturated rings. The van der Waals surface area contributed by atoms with Crippen molar-refractivity contribution in [2.24, 2.45) is 0 Å². The van der Waals surface area contributed by atoms with E-state index < -0.39 is 10.0 Å². The molecule has 0 bridgehead atoms. The number of hydrogen-bond donors (Lipinski definition) is 1. The quantitative estimate of drug-likeness (QED) is 0.833. The van der Waals surface area contributed by atoms with Gasteiger partial charge in [0, 0.05) is 24.6 Å². The van der Waals surface area contributed by atoms with Gasteiger partial charge in [-0.15, -0.1) is 0 Å². The van der Waals surface area contributed by atoms with Gasteiger partial charge in [-0.25, -0.2) is 23.1 Å². The molecule has 10 heteroatoms. The Hall–Kier alpha value is -3.14. The lowest BCUT2D eigenvalue weighted by Gasteiger charge is -2.21. The standard InChI is InChI=1S/C17H16N4O5S/c22-16(15-11-25-8-9-26-15)21-7-4-12-10-13(2-3-14(12)21)27(23,24)20-17-18-5-1-6-19-17/h1-3,5-6,10-11H,4,7-9H2,(H,18,19,20). The number of benzene rings is 1. The number of carbonyl (C=O) groups is 1. The van der Waals surface area contributed by atoms with Crippen LogP contribution < -0.4 is 9.62 Å². The number of amides is 1. The van der Waals surface area contributed by atoms with E-state index in [2.05, 4.69) is 14.7 Å². The maximum atomic E-state index is 12.6. The summed E-state index contributed by atoms with van der Waals surface area (Å²) in [5.74, 6) is -0.162. The molecule has 2 aliphatic rings. The van der Waals surface area contributed by atoms with Crippen molar-refractivity contribution >= 4 is 27.6 Å². The Labute approximate surface area is 155 Å². The molecule has 0 saturated carbocycles. The Morgan fingerprint density at radius 3 is 2.74 bits per heavy atom. The van der Waals surface area contributed by atoms with Crippen molar-refractivity contribution in [1.82, 2.24) is 9.97 Å². The van der Waals surface area contributed by atoms with Crippen LogP contribution in [0.4, 0.5) is 11.6 Å². The van der Waals surface area contributed by atoms with Crippen LogP contribution >= 0.6 is 0 Å². The molecular formula is C17H16N4O5S. The molecule has 0 aliphatic carbocycles. The molecular weight excluding hydrogens is 372 g/mol. The SMILES string of the molecule is O=C(C1=COCCO1)N1CCc2cc(S(=O)(=O)Nc3ncccn3)ccc21. The van der Waals surface area contributed by atoms with Gasteiger partial charge in [-0.3, -0.25) is 4.79 Å². The Morgan fingerprint density at radius 2 is 2.00 bits per heavy atom. The van der Waals surface area contributed by atoms with Gasteiger partial charge in [0.15, 0.2) is 0 Å². The molecule has 0 atom stereocenters. The first-order valence-corrected chi connectivity index (χ1v) is 9.72. The van der Waals surface area contributed by atoms with Gasteiger partial charge in [-0.05, 0) is 36.2 Å². The first kappa shape index (κ1) is 17.3. The number of aromatic nitrogens is 2. The highest BCUT2D eigenvalue weighted by molar-refractivity contribution is 7.92. The summed E-state index contributed by atoms with van der Waals surface area (Å²) in [6, 6.07) is 6.21. The highest BCUT2D eigenvalue weighted by atomic mass is 32.2. The summed E-state index contributed by atoms with van der Waals surface area (Å²) >= 11 is 0. The van der Waals surface area contributed by atoms with Crippen molar-refractivity contribution in [2.45, 2.75) is 11.3 Å². The molecule has 2 aromatic rings. The second-order valence-electron chi connectivity index (χ2n) is 5.88. The average molecular weight is 388 g/mol. The van der Waals surface area contributed by atoms with E-state index in [1.165, 1.54) is 24.7 Å². The monoisotopic (exact) mass is 388 g/mol. The summed E-state index contributed by atoms with van der Waals surface area (Å²) in [4.78, 5) is 22.0. The molecule has 1 N–H and O–H groups in total. The summed E-state index contributed by atoms with van der Waals surface area (Å²) < 4.78 is 37.9. The molecule has 0 saturated heterocycles. The van der Waals surface area contributed by atoms with E-state index in [4.69, 9.17) is 9.47 Å². The molecule has 2 aliphatic heterocycles. The Kier molecular flexibility index (Phi) is 4.40.